The molecule has 0 bridgehead atoms. The molecule has 0 unspecified atom stereocenters. The summed E-state index contributed by atoms with van der Waals surface area (Å²) < 4.78 is 56.4. The highest BCUT2D eigenvalue weighted by molar-refractivity contribution is 7.93. The fourth-order valence-electron chi connectivity index (χ4n) is 3.45. The van der Waals surface area contributed by atoms with E-state index >= 15 is 0 Å². The maximum absolute atomic E-state index is 13.2. The van der Waals surface area contributed by atoms with E-state index in [1.807, 2.05) is 20.8 Å². The number of nitrogens with one attached hydrogen (secondary N) is 2. The van der Waals surface area contributed by atoms with Crippen LogP contribution < -0.4 is 9.44 Å². The molecule has 8 nitrogen and oxygen atoms in total. The zero-order valence-corrected chi connectivity index (χ0v) is 20.4. The molecule has 3 rings (SSSR count). The van der Waals surface area contributed by atoms with Gasteiger partial charge in [0.05, 0.1) is 9.79 Å². The minimum atomic E-state index is -3.92. The summed E-state index contributed by atoms with van der Waals surface area (Å²) >= 11 is 0. The maximum Gasteiger partial charge on any atom is 0.264 e. The van der Waals surface area contributed by atoms with Crippen molar-refractivity contribution in [3.63, 3.8) is 0 Å². The normalized spacial score (nSPS) is 11.9. The molecule has 2 aromatic carbocycles. The van der Waals surface area contributed by atoms with Crippen molar-refractivity contribution in [3.8, 4) is 0 Å². The summed E-state index contributed by atoms with van der Waals surface area (Å²) in [6, 6.07) is 7.10. The van der Waals surface area contributed by atoms with Gasteiger partial charge in [0.1, 0.15) is 0 Å². The predicted molar refractivity (Wildman–Crippen MR) is 125 cm³/mol. The SMILES string of the molecule is Cc1ccnc(NS(=O)(=O)c2ccc(NS(=O)(=O)c3c(C)c(C)c(C)c(C)c3C)cc2)n1. The molecule has 0 saturated heterocycles. The molecule has 0 saturated carbocycles. The van der Waals surface area contributed by atoms with Crippen LogP contribution in [0.1, 0.15) is 33.5 Å². The predicted octanol–water partition coefficient (Wildman–Crippen LogP) is 3.93. The Morgan fingerprint density at radius 1 is 0.656 bits per heavy atom. The molecule has 0 amide bonds. The second-order valence-corrected chi connectivity index (χ2v) is 11.0. The van der Waals surface area contributed by atoms with Crippen LogP contribution in [0.15, 0.2) is 46.3 Å². The molecule has 0 atom stereocenters. The minimum absolute atomic E-state index is 0.0363. The lowest BCUT2D eigenvalue weighted by molar-refractivity contribution is 0.599. The Hall–Kier alpha value is -2.98. The summed E-state index contributed by atoms with van der Waals surface area (Å²) in [6.07, 6.45) is 1.45. The van der Waals surface area contributed by atoms with Crippen LogP contribution in [0.3, 0.4) is 0 Å². The number of anilines is 2. The van der Waals surface area contributed by atoms with Crippen molar-refractivity contribution in [2.45, 2.75) is 51.3 Å². The van der Waals surface area contributed by atoms with Crippen molar-refractivity contribution in [2.24, 2.45) is 0 Å². The van der Waals surface area contributed by atoms with E-state index < -0.39 is 20.0 Å². The number of benzene rings is 2. The van der Waals surface area contributed by atoms with Crippen LogP contribution in [0.2, 0.25) is 0 Å². The summed E-state index contributed by atoms with van der Waals surface area (Å²) in [4.78, 5) is 8.12. The number of sulfonamides is 2. The van der Waals surface area contributed by atoms with Gasteiger partial charge in [0.2, 0.25) is 5.95 Å². The second-order valence-electron chi connectivity index (χ2n) is 7.71. The number of rotatable bonds is 6. The molecule has 0 aliphatic rings. The summed E-state index contributed by atoms with van der Waals surface area (Å²) in [5.74, 6) is -0.0363. The lowest BCUT2D eigenvalue weighted by atomic mass is 9.95. The number of hydrogen-bond acceptors (Lipinski definition) is 6. The molecule has 2 N–H and O–H groups in total. The molecule has 1 heterocycles. The number of hydrogen-bond donors (Lipinski definition) is 2. The highest BCUT2D eigenvalue weighted by atomic mass is 32.2. The van der Waals surface area contributed by atoms with Crippen molar-refractivity contribution in [2.75, 3.05) is 9.44 Å². The van der Waals surface area contributed by atoms with Gasteiger partial charge in [-0.3, -0.25) is 4.72 Å². The first-order valence-electron chi connectivity index (χ1n) is 9.86. The highest BCUT2D eigenvalue weighted by Gasteiger charge is 2.24. The van der Waals surface area contributed by atoms with E-state index in [9.17, 15) is 16.8 Å². The second kappa shape index (κ2) is 8.51. The van der Waals surface area contributed by atoms with E-state index in [4.69, 9.17) is 0 Å². The van der Waals surface area contributed by atoms with E-state index in [1.54, 1.807) is 26.8 Å². The molecular formula is C22H26N4O4S2. The zero-order chi connectivity index (χ0) is 23.8. The van der Waals surface area contributed by atoms with Crippen LogP contribution in [0.25, 0.3) is 0 Å². The van der Waals surface area contributed by atoms with Crippen molar-refractivity contribution >= 4 is 31.7 Å². The first-order chi connectivity index (χ1) is 14.8. The first-order valence-corrected chi connectivity index (χ1v) is 12.8. The summed E-state index contributed by atoms with van der Waals surface area (Å²) in [6.45, 7) is 11.1. The third-order valence-corrected chi connectivity index (χ3v) is 8.64. The van der Waals surface area contributed by atoms with Gasteiger partial charge in [0.15, 0.2) is 0 Å². The van der Waals surface area contributed by atoms with Crippen LogP contribution in [-0.4, -0.2) is 26.8 Å². The molecule has 0 aliphatic heterocycles. The van der Waals surface area contributed by atoms with E-state index in [-0.39, 0.29) is 21.4 Å². The summed E-state index contributed by atoms with van der Waals surface area (Å²) in [7, 11) is -7.80. The van der Waals surface area contributed by atoms with Gasteiger partial charge in [-0.05, 0) is 99.7 Å². The topological polar surface area (TPSA) is 118 Å². The fraction of sp³-hybridized carbons (Fsp3) is 0.273. The van der Waals surface area contributed by atoms with E-state index in [0.29, 0.717) is 16.8 Å². The van der Waals surface area contributed by atoms with Crippen LogP contribution >= 0.6 is 0 Å². The van der Waals surface area contributed by atoms with Crippen LogP contribution in [0.5, 0.6) is 0 Å². The quantitative estimate of drug-likeness (QED) is 0.559. The molecule has 170 valence electrons. The summed E-state index contributed by atoms with van der Waals surface area (Å²) in [5, 5.41) is 0. The van der Waals surface area contributed by atoms with Crippen LogP contribution in [0.4, 0.5) is 11.6 Å². The number of nitrogens with zero attached hydrogens (tertiary/aromatic N) is 2. The van der Waals surface area contributed by atoms with Crippen molar-refractivity contribution < 1.29 is 16.8 Å². The third kappa shape index (κ3) is 4.61. The molecule has 0 fully saturated rings. The minimum Gasteiger partial charge on any atom is -0.280 e. The van der Waals surface area contributed by atoms with Gasteiger partial charge in [0.25, 0.3) is 20.0 Å². The monoisotopic (exact) mass is 474 g/mol. The Morgan fingerprint density at radius 3 is 1.72 bits per heavy atom. The Morgan fingerprint density at radius 2 is 1.19 bits per heavy atom. The molecule has 0 spiro atoms. The van der Waals surface area contributed by atoms with Gasteiger partial charge in [-0.1, -0.05) is 0 Å². The Labute approximate surface area is 189 Å². The molecule has 3 aromatic rings. The van der Waals surface area contributed by atoms with Gasteiger partial charge in [-0.15, -0.1) is 0 Å². The van der Waals surface area contributed by atoms with Crippen LogP contribution in [-0.2, 0) is 20.0 Å². The molecule has 0 aliphatic carbocycles. The zero-order valence-electron chi connectivity index (χ0n) is 18.8. The smallest absolute Gasteiger partial charge is 0.264 e. The van der Waals surface area contributed by atoms with Gasteiger partial charge >= 0.3 is 0 Å². The maximum atomic E-state index is 13.2. The average Bonchev–Trinajstić information content (AvgIpc) is 2.70. The first kappa shape index (κ1) is 23.7. The molecule has 1 aromatic heterocycles. The van der Waals surface area contributed by atoms with E-state index in [1.165, 1.54) is 30.5 Å². The van der Waals surface area contributed by atoms with Crippen molar-refractivity contribution in [1.82, 2.24) is 9.97 Å². The lowest BCUT2D eigenvalue weighted by Crippen LogP contribution is -2.18. The Balaban J connectivity index is 1.89. The molecule has 0 radical (unpaired) electrons. The Bertz CT molecular complexity index is 1370. The van der Waals surface area contributed by atoms with E-state index in [2.05, 4.69) is 19.4 Å². The average molecular weight is 475 g/mol. The molecule has 32 heavy (non-hydrogen) atoms. The van der Waals surface area contributed by atoms with Gasteiger partial charge < -0.3 is 0 Å². The van der Waals surface area contributed by atoms with Gasteiger partial charge in [-0.2, -0.15) is 0 Å². The number of aromatic nitrogens is 2. The summed E-state index contributed by atoms with van der Waals surface area (Å²) in [5.41, 5.74) is 5.19. The lowest BCUT2D eigenvalue weighted by Gasteiger charge is -2.19. The van der Waals surface area contributed by atoms with Crippen LogP contribution in [0, 0.1) is 41.5 Å². The largest absolute Gasteiger partial charge is 0.280 e. The fourth-order valence-corrected chi connectivity index (χ4v) is 6.07. The van der Waals surface area contributed by atoms with E-state index in [0.717, 1.165) is 16.7 Å². The van der Waals surface area contributed by atoms with Gasteiger partial charge in [0, 0.05) is 17.6 Å². The van der Waals surface area contributed by atoms with Crippen molar-refractivity contribution in [3.05, 3.63) is 70.0 Å². The van der Waals surface area contributed by atoms with Crippen molar-refractivity contribution in [1.29, 1.82) is 0 Å². The Kier molecular flexibility index (Phi) is 6.30. The van der Waals surface area contributed by atoms with Gasteiger partial charge in [-0.25, -0.2) is 31.5 Å². The molecular weight excluding hydrogens is 448 g/mol. The third-order valence-electron chi connectivity index (χ3n) is 5.64. The number of aryl methyl sites for hydroxylation is 1. The standard InChI is InChI=1S/C22H26N4O4S2/c1-13-11-12-23-22(24-13)26-31(27,28)20-9-7-19(8-10-20)25-32(29,30)21-17(5)15(3)14(2)16(4)18(21)6/h7-12,25H,1-6H3,(H,23,24,26). The highest BCUT2D eigenvalue weighted by Crippen LogP contribution is 2.31. The molecule has 10 heteroatoms.